The molecule has 0 aromatic heterocycles. The minimum Gasteiger partial charge on any atom is -0.317 e. The Hall–Kier alpha value is -0.120. The summed E-state index contributed by atoms with van der Waals surface area (Å²) in [6, 6.07) is 0.814. The summed E-state index contributed by atoms with van der Waals surface area (Å²) < 4.78 is 0. The van der Waals surface area contributed by atoms with E-state index in [2.05, 4.69) is 29.2 Å². The van der Waals surface area contributed by atoms with Crippen LogP contribution in [0, 0.1) is 5.92 Å². The molecule has 0 amide bonds. The first-order chi connectivity index (χ1) is 8.75. The molecule has 0 spiro atoms. The van der Waals surface area contributed by atoms with Crippen LogP contribution in [0.25, 0.3) is 0 Å². The first kappa shape index (κ1) is 14.3. The largest absolute Gasteiger partial charge is 0.317 e. The highest BCUT2D eigenvalue weighted by Crippen LogP contribution is 2.19. The summed E-state index contributed by atoms with van der Waals surface area (Å²) in [7, 11) is 4.58. The van der Waals surface area contributed by atoms with Crippen LogP contribution in [0.3, 0.4) is 0 Å². The van der Waals surface area contributed by atoms with Gasteiger partial charge in [0.2, 0.25) is 0 Å². The molecule has 2 fully saturated rings. The summed E-state index contributed by atoms with van der Waals surface area (Å²) in [6.07, 6.45) is 8.41. The molecule has 2 saturated heterocycles. The van der Waals surface area contributed by atoms with E-state index in [1.807, 2.05) is 0 Å². The number of rotatable bonds is 6. The van der Waals surface area contributed by atoms with Gasteiger partial charge >= 0.3 is 0 Å². The van der Waals surface area contributed by atoms with E-state index in [1.165, 1.54) is 71.2 Å². The number of hydrogen-bond acceptors (Lipinski definition) is 3. The van der Waals surface area contributed by atoms with Gasteiger partial charge in [-0.3, -0.25) is 0 Å². The average Bonchev–Trinajstić information content (AvgIpc) is 2.76. The van der Waals surface area contributed by atoms with Crippen molar-refractivity contribution in [3.63, 3.8) is 0 Å². The van der Waals surface area contributed by atoms with Gasteiger partial charge in [-0.05, 0) is 84.7 Å². The van der Waals surface area contributed by atoms with Gasteiger partial charge in [0.1, 0.15) is 0 Å². The van der Waals surface area contributed by atoms with E-state index in [0.717, 1.165) is 12.0 Å². The minimum absolute atomic E-state index is 0.814. The van der Waals surface area contributed by atoms with E-state index in [0.29, 0.717) is 0 Å². The van der Waals surface area contributed by atoms with Crippen LogP contribution < -0.4 is 5.32 Å². The molecular weight excluding hydrogens is 222 g/mol. The van der Waals surface area contributed by atoms with Gasteiger partial charge in [0.25, 0.3) is 0 Å². The number of piperidine rings is 1. The van der Waals surface area contributed by atoms with E-state index in [-0.39, 0.29) is 0 Å². The zero-order chi connectivity index (χ0) is 12.8. The lowest BCUT2D eigenvalue weighted by molar-refractivity contribution is 0.212. The molecular formula is C15H31N3. The van der Waals surface area contributed by atoms with E-state index < -0.39 is 0 Å². The van der Waals surface area contributed by atoms with Crippen molar-refractivity contribution in [2.24, 2.45) is 5.92 Å². The van der Waals surface area contributed by atoms with Gasteiger partial charge in [-0.2, -0.15) is 0 Å². The second-order valence-electron chi connectivity index (χ2n) is 6.37. The van der Waals surface area contributed by atoms with E-state index >= 15 is 0 Å². The fraction of sp³-hybridized carbons (Fsp3) is 1.00. The summed E-state index contributed by atoms with van der Waals surface area (Å²) in [6.45, 7) is 6.34. The zero-order valence-electron chi connectivity index (χ0n) is 12.3. The summed E-state index contributed by atoms with van der Waals surface area (Å²) in [5.41, 5.74) is 0. The minimum atomic E-state index is 0.814. The average molecular weight is 253 g/mol. The molecule has 2 aliphatic rings. The molecule has 0 aliphatic carbocycles. The lowest BCUT2D eigenvalue weighted by Gasteiger charge is -2.27. The highest BCUT2D eigenvalue weighted by molar-refractivity contribution is 4.79. The van der Waals surface area contributed by atoms with Crippen molar-refractivity contribution < 1.29 is 0 Å². The number of nitrogens with one attached hydrogen (secondary N) is 1. The molecule has 106 valence electrons. The third-order valence-corrected chi connectivity index (χ3v) is 4.80. The predicted molar refractivity (Wildman–Crippen MR) is 78.0 cm³/mol. The molecule has 3 nitrogen and oxygen atoms in total. The molecule has 0 aromatic rings. The summed E-state index contributed by atoms with van der Waals surface area (Å²) in [4.78, 5) is 5.08. The normalized spacial score (nSPS) is 27.2. The van der Waals surface area contributed by atoms with Crippen molar-refractivity contribution in [1.29, 1.82) is 0 Å². The van der Waals surface area contributed by atoms with Gasteiger partial charge in [-0.15, -0.1) is 0 Å². The fourth-order valence-corrected chi connectivity index (χ4v) is 3.48. The van der Waals surface area contributed by atoms with Crippen LogP contribution in [-0.4, -0.2) is 62.7 Å². The predicted octanol–water partition coefficient (Wildman–Crippen LogP) is 1.79. The smallest absolute Gasteiger partial charge is 0.0220 e. The quantitative estimate of drug-likeness (QED) is 0.778. The van der Waals surface area contributed by atoms with Crippen LogP contribution in [0.5, 0.6) is 0 Å². The molecule has 0 aromatic carbocycles. The Morgan fingerprint density at radius 3 is 2.67 bits per heavy atom. The van der Waals surface area contributed by atoms with Crippen molar-refractivity contribution in [3.05, 3.63) is 0 Å². The van der Waals surface area contributed by atoms with E-state index in [9.17, 15) is 0 Å². The Morgan fingerprint density at radius 2 is 2.00 bits per heavy atom. The molecule has 0 saturated carbocycles. The summed E-state index contributed by atoms with van der Waals surface area (Å²) in [5, 5.41) is 3.45. The first-order valence-electron chi connectivity index (χ1n) is 7.85. The maximum Gasteiger partial charge on any atom is 0.0220 e. The molecule has 1 atom stereocenters. The Labute approximate surface area is 113 Å². The molecule has 0 bridgehead atoms. The molecule has 2 aliphatic heterocycles. The van der Waals surface area contributed by atoms with Crippen LogP contribution in [-0.2, 0) is 0 Å². The summed E-state index contributed by atoms with van der Waals surface area (Å²) in [5.74, 6) is 0.994. The fourth-order valence-electron chi connectivity index (χ4n) is 3.48. The molecule has 18 heavy (non-hydrogen) atoms. The molecule has 1 unspecified atom stereocenters. The van der Waals surface area contributed by atoms with Crippen LogP contribution in [0.2, 0.25) is 0 Å². The second kappa shape index (κ2) is 7.46. The number of likely N-dealkylation sites (tertiary alicyclic amines) is 1. The third kappa shape index (κ3) is 4.52. The Morgan fingerprint density at radius 1 is 1.22 bits per heavy atom. The third-order valence-electron chi connectivity index (χ3n) is 4.80. The summed E-state index contributed by atoms with van der Waals surface area (Å²) >= 11 is 0. The number of nitrogens with zero attached hydrogens (tertiary/aromatic N) is 2. The maximum absolute atomic E-state index is 3.45. The molecule has 2 rings (SSSR count). The van der Waals surface area contributed by atoms with Crippen molar-refractivity contribution >= 4 is 0 Å². The highest BCUT2D eigenvalue weighted by Gasteiger charge is 2.21. The van der Waals surface area contributed by atoms with E-state index in [1.54, 1.807) is 0 Å². The molecule has 1 N–H and O–H groups in total. The van der Waals surface area contributed by atoms with Crippen LogP contribution in [0.1, 0.15) is 38.5 Å². The second-order valence-corrected chi connectivity index (χ2v) is 6.37. The Kier molecular flexibility index (Phi) is 5.93. The van der Waals surface area contributed by atoms with Gasteiger partial charge in [0, 0.05) is 12.6 Å². The molecule has 3 heteroatoms. The van der Waals surface area contributed by atoms with E-state index in [4.69, 9.17) is 0 Å². The van der Waals surface area contributed by atoms with Gasteiger partial charge in [0.15, 0.2) is 0 Å². The Balaban J connectivity index is 1.55. The van der Waals surface area contributed by atoms with Crippen molar-refractivity contribution in [3.8, 4) is 0 Å². The highest BCUT2D eigenvalue weighted by atomic mass is 15.2. The molecule has 2 heterocycles. The monoisotopic (exact) mass is 253 g/mol. The lowest BCUT2D eigenvalue weighted by Crippen LogP contribution is -2.37. The van der Waals surface area contributed by atoms with Crippen molar-refractivity contribution in [2.75, 3.05) is 46.8 Å². The Bertz CT molecular complexity index is 226. The van der Waals surface area contributed by atoms with Crippen LogP contribution in [0.4, 0.5) is 0 Å². The zero-order valence-corrected chi connectivity index (χ0v) is 12.3. The molecule has 0 radical (unpaired) electrons. The first-order valence-corrected chi connectivity index (χ1v) is 7.85. The van der Waals surface area contributed by atoms with Crippen molar-refractivity contribution in [2.45, 2.75) is 44.6 Å². The van der Waals surface area contributed by atoms with Gasteiger partial charge in [0.05, 0.1) is 0 Å². The van der Waals surface area contributed by atoms with Crippen LogP contribution >= 0.6 is 0 Å². The number of likely N-dealkylation sites (N-methyl/N-ethyl adjacent to an activating group) is 2. The van der Waals surface area contributed by atoms with Crippen LogP contribution in [0.15, 0.2) is 0 Å². The standard InChI is InChI=1S/C15H31N3/c1-17(13-15-6-4-12-18(15)2)11-3-5-14-7-9-16-10-8-14/h14-16H,3-13H2,1-2H3. The number of hydrogen-bond donors (Lipinski definition) is 1. The van der Waals surface area contributed by atoms with Crippen molar-refractivity contribution in [1.82, 2.24) is 15.1 Å². The SMILES string of the molecule is CN(CCCC1CCNCC1)CC1CCCN1C. The van der Waals surface area contributed by atoms with Gasteiger partial charge < -0.3 is 15.1 Å². The van der Waals surface area contributed by atoms with Gasteiger partial charge in [-0.1, -0.05) is 0 Å². The van der Waals surface area contributed by atoms with Gasteiger partial charge in [-0.25, -0.2) is 0 Å². The topological polar surface area (TPSA) is 18.5 Å². The maximum atomic E-state index is 3.45. The lowest BCUT2D eigenvalue weighted by atomic mass is 9.93.